The van der Waals surface area contributed by atoms with Crippen molar-refractivity contribution in [2.75, 3.05) is 26.4 Å². The fourth-order valence-corrected chi connectivity index (χ4v) is 2.90. The molecule has 0 radical (unpaired) electrons. The SMILES string of the molecule is Cc1[nH]c2ccccc2c1CC(C#N)CN1CCOC1. The highest BCUT2D eigenvalue weighted by Crippen LogP contribution is 2.24. The van der Waals surface area contributed by atoms with Crippen LogP contribution in [-0.4, -0.2) is 36.3 Å². The molecule has 3 rings (SSSR count). The molecule has 4 heteroatoms. The van der Waals surface area contributed by atoms with E-state index in [1.165, 1.54) is 16.6 Å². The molecule has 2 heterocycles. The molecule has 1 unspecified atom stereocenters. The summed E-state index contributed by atoms with van der Waals surface area (Å²) in [5, 5.41) is 10.7. The molecular weight excluding hydrogens is 250 g/mol. The van der Waals surface area contributed by atoms with E-state index < -0.39 is 0 Å². The summed E-state index contributed by atoms with van der Waals surface area (Å²) < 4.78 is 5.34. The molecule has 4 nitrogen and oxygen atoms in total. The Kier molecular flexibility index (Phi) is 3.72. The van der Waals surface area contributed by atoms with Gasteiger partial charge in [-0.1, -0.05) is 18.2 Å². The number of nitrogens with zero attached hydrogens (tertiary/aromatic N) is 2. The minimum absolute atomic E-state index is 0.00889. The van der Waals surface area contributed by atoms with Crippen molar-refractivity contribution in [3.8, 4) is 6.07 Å². The van der Waals surface area contributed by atoms with Crippen LogP contribution in [0.3, 0.4) is 0 Å². The van der Waals surface area contributed by atoms with E-state index in [0.29, 0.717) is 6.73 Å². The van der Waals surface area contributed by atoms with E-state index in [1.54, 1.807) is 0 Å². The average molecular weight is 269 g/mol. The molecule has 0 spiro atoms. The van der Waals surface area contributed by atoms with Crippen LogP contribution < -0.4 is 0 Å². The predicted molar refractivity (Wildman–Crippen MR) is 78.2 cm³/mol. The summed E-state index contributed by atoms with van der Waals surface area (Å²) in [6, 6.07) is 10.7. The second kappa shape index (κ2) is 5.66. The number of hydrogen-bond donors (Lipinski definition) is 1. The Labute approximate surface area is 119 Å². The Morgan fingerprint density at radius 1 is 1.45 bits per heavy atom. The van der Waals surface area contributed by atoms with Crippen molar-refractivity contribution in [3.63, 3.8) is 0 Å². The third kappa shape index (κ3) is 2.55. The first-order valence-electron chi connectivity index (χ1n) is 7.04. The maximum Gasteiger partial charge on any atom is 0.0992 e. The van der Waals surface area contributed by atoms with Gasteiger partial charge in [-0.15, -0.1) is 0 Å². The molecule has 0 amide bonds. The van der Waals surface area contributed by atoms with Gasteiger partial charge in [-0.2, -0.15) is 5.26 Å². The molecular formula is C16H19N3O. The van der Waals surface area contributed by atoms with E-state index in [2.05, 4.69) is 41.1 Å². The molecule has 20 heavy (non-hydrogen) atoms. The molecule has 1 saturated heterocycles. The number of ether oxygens (including phenoxy) is 1. The smallest absolute Gasteiger partial charge is 0.0992 e. The number of nitrogens with one attached hydrogen (secondary N) is 1. The topological polar surface area (TPSA) is 52.0 Å². The van der Waals surface area contributed by atoms with Gasteiger partial charge in [0, 0.05) is 29.7 Å². The van der Waals surface area contributed by atoms with E-state index in [0.717, 1.165) is 31.6 Å². The molecule has 1 fully saturated rings. The Morgan fingerprint density at radius 3 is 3.05 bits per heavy atom. The zero-order valence-corrected chi connectivity index (χ0v) is 11.7. The molecule has 0 bridgehead atoms. The molecule has 0 saturated carbocycles. The van der Waals surface area contributed by atoms with Crippen LogP contribution in [0.25, 0.3) is 10.9 Å². The van der Waals surface area contributed by atoms with Gasteiger partial charge in [0.1, 0.15) is 0 Å². The lowest BCUT2D eigenvalue weighted by Crippen LogP contribution is -2.27. The number of hydrogen-bond acceptors (Lipinski definition) is 3. The number of fused-ring (bicyclic) bond motifs is 1. The first-order valence-corrected chi connectivity index (χ1v) is 7.04. The number of aromatic amines is 1. The van der Waals surface area contributed by atoms with Crippen molar-refractivity contribution in [3.05, 3.63) is 35.5 Å². The molecule has 1 N–H and O–H groups in total. The molecule has 1 aliphatic heterocycles. The van der Waals surface area contributed by atoms with Gasteiger partial charge < -0.3 is 9.72 Å². The van der Waals surface area contributed by atoms with Crippen molar-refractivity contribution in [2.45, 2.75) is 13.3 Å². The van der Waals surface area contributed by atoms with Crippen LogP contribution in [0.2, 0.25) is 0 Å². The van der Waals surface area contributed by atoms with Crippen molar-refractivity contribution >= 4 is 10.9 Å². The minimum Gasteiger partial charge on any atom is -0.365 e. The van der Waals surface area contributed by atoms with Gasteiger partial charge in [0.2, 0.25) is 0 Å². The van der Waals surface area contributed by atoms with Crippen LogP contribution in [-0.2, 0) is 11.2 Å². The molecule has 1 aliphatic rings. The number of aryl methyl sites for hydroxylation is 1. The van der Waals surface area contributed by atoms with Crippen molar-refractivity contribution in [1.82, 2.24) is 9.88 Å². The van der Waals surface area contributed by atoms with Crippen LogP contribution in [0.4, 0.5) is 0 Å². The number of nitriles is 1. The molecule has 1 atom stereocenters. The summed E-state index contributed by atoms with van der Waals surface area (Å²) in [5.74, 6) is 0.00889. The van der Waals surface area contributed by atoms with Crippen molar-refractivity contribution < 1.29 is 4.74 Å². The monoisotopic (exact) mass is 269 g/mol. The zero-order valence-electron chi connectivity index (χ0n) is 11.7. The fourth-order valence-electron chi connectivity index (χ4n) is 2.90. The number of rotatable bonds is 4. The molecule has 1 aromatic carbocycles. The Hall–Kier alpha value is -1.83. The third-order valence-corrected chi connectivity index (χ3v) is 3.96. The summed E-state index contributed by atoms with van der Waals surface area (Å²) in [7, 11) is 0. The largest absolute Gasteiger partial charge is 0.365 e. The Morgan fingerprint density at radius 2 is 2.30 bits per heavy atom. The number of H-pyrrole nitrogens is 1. The summed E-state index contributed by atoms with van der Waals surface area (Å²) in [4.78, 5) is 5.61. The quantitative estimate of drug-likeness (QED) is 0.927. The molecule has 1 aromatic heterocycles. The number of aromatic nitrogens is 1. The predicted octanol–water partition coefficient (Wildman–Crippen LogP) is 2.45. The zero-order chi connectivity index (χ0) is 13.9. The highest BCUT2D eigenvalue weighted by molar-refractivity contribution is 5.84. The normalized spacial score (nSPS) is 17.4. The maximum atomic E-state index is 9.42. The van der Waals surface area contributed by atoms with E-state index in [-0.39, 0.29) is 5.92 Å². The summed E-state index contributed by atoms with van der Waals surface area (Å²) in [5.41, 5.74) is 3.59. The first-order chi connectivity index (χ1) is 9.78. The number of para-hydroxylation sites is 1. The van der Waals surface area contributed by atoms with Gasteiger partial charge in [0.25, 0.3) is 0 Å². The van der Waals surface area contributed by atoms with Crippen molar-refractivity contribution in [1.29, 1.82) is 5.26 Å². The second-order valence-corrected chi connectivity index (χ2v) is 5.42. The summed E-state index contributed by atoms with van der Waals surface area (Å²) >= 11 is 0. The van der Waals surface area contributed by atoms with E-state index in [1.807, 2.05) is 6.07 Å². The maximum absolute atomic E-state index is 9.42. The first kappa shape index (κ1) is 13.2. The Balaban J connectivity index is 1.80. The molecule has 0 aliphatic carbocycles. The van der Waals surface area contributed by atoms with Gasteiger partial charge in [0.15, 0.2) is 0 Å². The van der Waals surface area contributed by atoms with Crippen LogP contribution in [0.5, 0.6) is 0 Å². The van der Waals surface area contributed by atoms with Crippen LogP contribution in [0, 0.1) is 24.2 Å². The lowest BCUT2D eigenvalue weighted by molar-refractivity contribution is 0.135. The second-order valence-electron chi connectivity index (χ2n) is 5.42. The lowest BCUT2D eigenvalue weighted by Gasteiger charge is -2.17. The highest BCUT2D eigenvalue weighted by atomic mass is 16.5. The van der Waals surface area contributed by atoms with E-state index >= 15 is 0 Å². The lowest BCUT2D eigenvalue weighted by atomic mass is 9.98. The molecule has 2 aromatic rings. The highest BCUT2D eigenvalue weighted by Gasteiger charge is 2.20. The van der Waals surface area contributed by atoms with Crippen LogP contribution in [0.15, 0.2) is 24.3 Å². The van der Waals surface area contributed by atoms with Crippen molar-refractivity contribution in [2.24, 2.45) is 5.92 Å². The van der Waals surface area contributed by atoms with Crippen LogP contribution in [0.1, 0.15) is 11.3 Å². The van der Waals surface area contributed by atoms with Crippen LogP contribution >= 0.6 is 0 Å². The van der Waals surface area contributed by atoms with Gasteiger partial charge in [-0.05, 0) is 25.0 Å². The fraction of sp³-hybridized carbons (Fsp3) is 0.438. The molecule has 104 valence electrons. The van der Waals surface area contributed by atoms with Gasteiger partial charge in [-0.3, -0.25) is 4.90 Å². The summed E-state index contributed by atoms with van der Waals surface area (Å²) in [6.07, 6.45) is 0.794. The minimum atomic E-state index is 0.00889. The van der Waals surface area contributed by atoms with E-state index in [9.17, 15) is 5.26 Å². The van der Waals surface area contributed by atoms with E-state index in [4.69, 9.17) is 4.74 Å². The number of benzene rings is 1. The third-order valence-electron chi connectivity index (χ3n) is 3.96. The van der Waals surface area contributed by atoms with Gasteiger partial charge in [-0.25, -0.2) is 0 Å². The standard InChI is InChI=1S/C16H19N3O/c1-12-15(14-4-2-3-5-16(14)18-12)8-13(9-17)10-19-6-7-20-11-19/h2-5,13,18H,6-8,10-11H2,1H3. The summed E-state index contributed by atoms with van der Waals surface area (Å²) in [6.45, 7) is 5.25. The van der Waals surface area contributed by atoms with Gasteiger partial charge in [0.05, 0.1) is 25.3 Å². The average Bonchev–Trinajstić information content (AvgIpc) is 3.07. The van der Waals surface area contributed by atoms with Gasteiger partial charge >= 0.3 is 0 Å². The Bertz CT molecular complexity index is 635.